The number of carbonyl (C=O) groups is 2. The van der Waals surface area contributed by atoms with E-state index in [1.54, 1.807) is 24.3 Å². The summed E-state index contributed by atoms with van der Waals surface area (Å²) in [4.78, 5) is 23.5. The van der Waals surface area contributed by atoms with Crippen LogP contribution < -0.4 is 5.32 Å². The van der Waals surface area contributed by atoms with E-state index in [0.29, 0.717) is 17.9 Å². The molecule has 0 aliphatic rings. The fraction of sp³-hybridized carbons (Fsp3) is 0.176. The number of benzene rings is 2. The highest BCUT2D eigenvalue weighted by molar-refractivity contribution is 6.33. The Morgan fingerprint density at radius 2 is 1.68 bits per heavy atom. The number of aryl methyl sites for hydroxylation is 1. The standard InChI is InChI=1S/C17H16ClNO3/c18-14-9-5-4-8-13(14)16(20)19-15(17(21)22)11-10-12-6-2-1-3-7-12/h1-9,15H,10-11H2,(H,19,20)(H,21,22)/t15-/m0/s1. The summed E-state index contributed by atoms with van der Waals surface area (Å²) in [7, 11) is 0. The fourth-order valence-electron chi connectivity index (χ4n) is 2.09. The lowest BCUT2D eigenvalue weighted by molar-refractivity contribution is -0.139. The van der Waals surface area contributed by atoms with Gasteiger partial charge in [0.2, 0.25) is 0 Å². The van der Waals surface area contributed by atoms with Gasteiger partial charge in [0.25, 0.3) is 5.91 Å². The predicted molar refractivity (Wildman–Crippen MR) is 85.1 cm³/mol. The SMILES string of the molecule is O=C(N[C@@H](CCc1ccccc1)C(=O)O)c1ccccc1Cl. The van der Waals surface area contributed by atoms with Gasteiger partial charge in [-0.25, -0.2) is 4.79 Å². The number of carboxylic acids is 1. The van der Waals surface area contributed by atoms with Gasteiger partial charge in [-0.3, -0.25) is 4.79 Å². The molecule has 0 bridgehead atoms. The molecule has 0 unspecified atom stereocenters. The van der Waals surface area contributed by atoms with Gasteiger partial charge in [-0.15, -0.1) is 0 Å². The van der Waals surface area contributed by atoms with Crippen molar-refractivity contribution in [1.29, 1.82) is 0 Å². The van der Waals surface area contributed by atoms with Crippen LogP contribution in [0.25, 0.3) is 0 Å². The van der Waals surface area contributed by atoms with Gasteiger partial charge in [0, 0.05) is 0 Å². The monoisotopic (exact) mass is 317 g/mol. The second-order valence-corrected chi connectivity index (χ2v) is 5.28. The van der Waals surface area contributed by atoms with Crippen LogP contribution in [0, 0.1) is 0 Å². The van der Waals surface area contributed by atoms with Crippen LogP contribution in [0.15, 0.2) is 54.6 Å². The van der Waals surface area contributed by atoms with E-state index in [1.807, 2.05) is 30.3 Å². The first-order valence-electron chi connectivity index (χ1n) is 6.90. The number of rotatable bonds is 6. The molecule has 2 aromatic carbocycles. The van der Waals surface area contributed by atoms with E-state index in [2.05, 4.69) is 5.32 Å². The Morgan fingerprint density at radius 3 is 2.32 bits per heavy atom. The zero-order chi connectivity index (χ0) is 15.9. The van der Waals surface area contributed by atoms with Gasteiger partial charge in [-0.05, 0) is 30.5 Å². The molecule has 0 saturated carbocycles. The average molecular weight is 318 g/mol. The Morgan fingerprint density at radius 1 is 1.05 bits per heavy atom. The lowest BCUT2D eigenvalue weighted by Gasteiger charge is -2.15. The molecule has 0 heterocycles. The maximum Gasteiger partial charge on any atom is 0.326 e. The van der Waals surface area contributed by atoms with E-state index >= 15 is 0 Å². The summed E-state index contributed by atoms with van der Waals surface area (Å²) in [6, 6.07) is 15.1. The van der Waals surface area contributed by atoms with Crippen LogP contribution in [0.2, 0.25) is 5.02 Å². The summed E-state index contributed by atoms with van der Waals surface area (Å²) < 4.78 is 0. The van der Waals surface area contributed by atoms with Gasteiger partial charge in [0.15, 0.2) is 0 Å². The van der Waals surface area contributed by atoms with Crippen LogP contribution in [-0.4, -0.2) is 23.0 Å². The summed E-state index contributed by atoms with van der Waals surface area (Å²) in [5, 5.41) is 12.1. The Labute approximate surface area is 133 Å². The molecule has 0 spiro atoms. The molecule has 0 radical (unpaired) electrons. The van der Waals surface area contributed by atoms with Gasteiger partial charge in [-0.1, -0.05) is 54.1 Å². The zero-order valence-corrected chi connectivity index (χ0v) is 12.6. The summed E-state index contributed by atoms with van der Waals surface area (Å²) in [6.07, 6.45) is 0.885. The van der Waals surface area contributed by atoms with Gasteiger partial charge < -0.3 is 10.4 Å². The maximum atomic E-state index is 12.1. The minimum Gasteiger partial charge on any atom is -0.480 e. The number of hydrogen-bond donors (Lipinski definition) is 2. The molecule has 2 N–H and O–H groups in total. The van der Waals surface area contributed by atoms with Crippen molar-refractivity contribution in [3.05, 3.63) is 70.7 Å². The smallest absolute Gasteiger partial charge is 0.326 e. The van der Waals surface area contributed by atoms with E-state index in [9.17, 15) is 14.7 Å². The summed E-state index contributed by atoms with van der Waals surface area (Å²) in [6.45, 7) is 0. The number of aliphatic carboxylic acids is 1. The van der Waals surface area contributed by atoms with Gasteiger partial charge >= 0.3 is 5.97 Å². The highest BCUT2D eigenvalue weighted by Gasteiger charge is 2.21. The van der Waals surface area contributed by atoms with Crippen LogP contribution in [0.3, 0.4) is 0 Å². The Bertz CT molecular complexity index is 658. The van der Waals surface area contributed by atoms with E-state index in [0.717, 1.165) is 5.56 Å². The molecular weight excluding hydrogens is 302 g/mol. The number of nitrogens with one attached hydrogen (secondary N) is 1. The second-order valence-electron chi connectivity index (χ2n) is 4.87. The number of hydrogen-bond acceptors (Lipinski definition) is 2. The highest BCUT2D eigenvalue weighted by Crippen LogP contribution is 2.15. The Hall–Kier alpha value is -2.33. The fourth-order valence-corrected chi connectivity index (χ4v) is 2.32. The molecule has 22 heavy (non-hydrogen) atoms. The molecule has 2 rings (SSSR count). The third-order valence-corrected chi connectivity index (χ3v) is 3.62. The minimum absolute atomic E-state index is 0.273. The molecule has 0 fully saturated rings. The van der Waals surface area contributed by atoms with Crippen molar-refractivity contribution in [2.24, 2.45) is 0 Å². The van der Waals surface area contributed by atoms with Crippen LogP contribution >= 0.6 is 11.6 Å². The molecule has 5 heteroatoms. The van der Waals surface area contributed by atoms with Crippen molar-refractivity contribution in [1.82, 2.24) is 5.32 Å². The summed E-state index contributed by atoms with van der Waals surface area (Å²) in [5.74, 6) is -1.54. The molecule has 0 saturated heterocycles. The summed E-state index contributed by atoms with van der Waals surface area (Å²) >= 11 is 5.95. The molecular formula is C17H16ClNO3. The highest BCUT2D eigenvalue weighted by atomic mass is 35.5. The van der Waals surface area contributed by atoms with Crippen molar-refractivity contribution in [3.8, 4) is 0 Å². The average Bonchev–Trinajstić information content (AvgIpc) is 2.52. The van der Waals surface area contributed by atoms with Gasteiger partial charge in [0.05, 0.1) is 10.6 Å². The van der Waals surface area contributed by atoms with Gasteiger partial charge in [-0.2, -0.15) is 0 Å². The first kappa shape index (κ1) is 16.0. The minimum atomic E-state index is -1.06. The van der Waals surface area contributed by atoms with E-state index < -0.39 is 17.9 Å². The second kappa shape index (κ2) is 7.61. The van der Waals surface area contributed by atoms with Crippen LogP contribution in [-0.2, 0) is 11.2 Å². The number of halogens is 1. The third kappa shape index (κ3) is 4.33. The van der Waals surface area contributed by atoms with E-state index in [-0.39, 0.29) is 5.56 Å². The molecule has 1 atom stereocenters. The molecule has 0 aliphatic carbocycles. The molecule has 1 amide bonds. The Balaban J connectivity index is 2.01. The van der Waals surface area contributed by atoms with Crippen molar-refractivity contribution in [2.75, 3.05) is 0 Å². The molecule has 114 valence electrons. The molecule has 4 nitrogen and oxygen atoms in total. The Kier molecular flexibility index (Phi) is 5.55. The van der Waals surface area contributed by atoms with Crippen molar-refractivity contribution in [3.63, 3.8) is 0 Å². The molecule has 2 aromatic rings. The number of amides is 1. The van der Waals surface area contributed by atoms with E-state index in [1.165, 1.54) is 0 Å². The zero-order valence-electron chi connectivity index (χ0n) is 11.8. The molecule has 0 aromatic heterocycles. The van der Waals surface area contributed by atoms with Gasteiger partial charge in [0.1, 0.15) is 6.04 Å². The maximum absolute atomic E-state index is 12.1. The van der Waals surface area contributed by atoms with Crippen LogP contribution in [0.1, 0.15) is 22.3 Å². The first-order valence-corrected chi connectivity index (χ1v) is 7.28. The van der Waals surface area contributed by atoms with Crippen molar-refractivity contribution in [2.45, 2.75) is 18.9 Å². The lowest BCUT2D eigenvalue weighted by Crippen LogP contribution is -2.41. The number of carboxylic acid groups (broad SMARTS) is 1. The molecule has 0 aliphatic heterocycles. The summed E-state index contributed by atoms with van der Waals surface area (Å²) in [5.41, 5.74) is 1.30. The third-order valence-electron chi connectivity index (χ3n) is 3.29. The van der Waals surface area contributed by atoms with E-state index in [4.69, 9.17) is 11.6 Å². The van der Waals surface area contributed by atoms with Crippen molar-refractivity contribution < 1.29 is 14.7 Å². The topological polar surface area (TPSA) is 66.4 Å². The largest absolute Gasteiger partial charge is 0.480 e. The quantitative estimate of drug-likeness (QED) is 0.860. The van der Waals surface area contributed by atoms with Crippen LogP contribution in [0.4, 0.5) is 0 Å². The lowest BCUT2D eigenvalue weighted by atomic mass is 10.0. The predicted octanol–water partition coefficient (Wildman–Crippen LogP) is 3.16. The van der Waals surface area contributed by atoms with Crippen LogP contribution in [0.5, 0.6) is 0 Å². The normalized spacial score (nSPS) is 11.7. The van der Waals surface area contributed by atoms with Crippen molar-refractivity contribution >= 4 is 23.5 Å². The first-order chi connectivity index (χ1) is 10.6. The number of carbonyl (C=O) groups excluding carboxylic acids is 1.